The van der Waals surface area contributed by atoms with Gasteiger partial charge in [-0.2, -0.15) is 0 Å². The molecule has 1 aromatic carbocycles. The van der Waals surface area contributed by atoms with Gasteiger partial charge in [0.25, 0.3) is 0 Å². The first kappa shape index (κ1) is 19.8. The molecule has 0 amide bonds. The van der Waals surface area contributed by atoms with E-state index in [0.29, 0.717) is 12.0 Å². The number of rotatable bonds is 4. The van der Waals surface area contributed by atoms with E-state index < -0.39 is 0 Å². The molecule has 0 saturated carbocycles. The molecule has 1 saturated heterocycles. The van der Waals surface area contributed by atoms with Gasteiger partial charge in [0.1, 0.15) is 11.3 Å². The van der Waals surface area contributed by atoms with Crippen LogP contribution < -0.4 is 10.2 Å². The number of aryl methyl sites for hydroxylation is 1. The molecule has 5 rings (SSSR count). The van der Waals surface area contributed by atoms with Crippen LogP contribution in [0.2, 0.25) is 0 Å². The third-order valence-corrected chi connectivity index (χ3v) is 6.15. The highest BCUT2D eigenvalue weighted by Gasteiger charge is 2.17. The topological polar surface area (TPSA) is 62.1 Å². The Morgan fingerprint density at radius 2 is 1.74 bits per heavy atom. The largest absolute Gasteiger partial charge is 0.368 e. The first-order chi connectivity index (χ1) is 15.0. The van der Waals surface area contributed by atoms with E-state index in [-0.39, 0.29) is 0 Å². The fraction of sp³-hybridized carbons (Fsp3) is 0.375. The Balaban J connectivity index is 1.46. The van der Waals surface area contributed by atoms with Gasteiger partial charge in [0.05, 0.1) is 17.4 Å². The van der Waals surface area contributed by atoms with E-state index in [1.54, 1.807) is 0 Å². The third-order valence-electron chi connectivity index (χ3n) is 6.15. The maximum absolute atomic E-state index is 4.87. The van der Waals surface area contributed by atoms with Crippen LogP contribution in [0, 0.1) is 6.92 Å². The van der Waals surface area contributed by atoms with Crippen LogP contribution in [0.4, 0.5) is 17.5 Å². The van der Waals surface area contributed by atoms with Gasteiger partial charge < -0.3 is 19.7 Å². The molecule has 0 aliphatic carbocycles. The summed E-state index contributed by atoms with van der Waals surface area (Å²) in [6.07, 6.45) is 5.98. The lowest BCUT2D eigenvalue weighted by molar-refractivity contribution is 0.312. The predicted octanol–water partition coefficient (Wildman–Crippen LogP) is 4.36. The molecule has 1 aliphatic rings. The molecule has 7 heteroatoms. The van der Waals surface area contributed by atoms with Crippen LogP contribution in [0.1, 0.15) is 25.5 Å². The SMILES string of the molecule is Cc1cc(Nc2ncc3ccc4ccn(C(C)C)c4c3n2)ncc1N1CCN(C)CC1. The summed E-state index contributed by atoms with van der Waals surface area (Å²) in [7, 11) is 2.17. The molecule has 0 bridgehead atoms. The van der Waals surface area contributed by atoms with Crippen molar-refractivity contribution in [2.45, 2.75) is 26.8 Å². The lowest BCUT2D eigenvalue weighted by atomic mass is 10.2. The lowest BCUT2D eigenvalue weighted by Crippen LogP contribution is -2.44. The molecular formula is C24H29N7. The number of nitrogens with zero attached hydrogens (tertiary/aromatic N) is 6. The van der Waals surface area contributed by atoms with Crippen LogP contribution in [0.15, 0.2) is 42.9 Å². The van der Waals surface area contributed by atoms with Crippen LogP contribution in [0.5, 0.6) is 0 Å². The normalized spacial score (nSPS) is 15.3. The van der Waals surface area contributed by atoms with E-state index >= 15 is 0 Å². The van der Waals surface area contributed by atoms with Gasteiger partial charge >= 0.3 is 0 Å². The van der Waals surface area contributed by atoms with Crippen LogP contribution in [0.3, 0.4) is 0 Å². The molecule has 0 atom stereocenters. The zero-order chi connectivity index (χ0) is 21.5. The Morgan fingerprint density at radius 1 is 0.968 bits per heavy atom. The molecule has 7 nitrogen and oxygen atoms in total. The van der Waals surface area contributed by atoms with Crippen LogP contribution in [-0.4, -0.2) is 57.6 Å². The van der Waals surface area contributed by atoms with E-state index in [4.69, 9.17) is 4.98 Å². The number of likely N-dealkylation sites (N-methyl/N-ethyl adjacent to an activating group) is 1. The smallest absolute Gasteiger partial charge is 0.228 e. The highest BCUT2D eigenvalue weighted by Crippen LogP contribution is 2.29. The van der Waals surface area contributed by atoms with Crippen molar-refractivity contribution in [2.75, 3.05) is 43.4 Å². The average molecular weight is 416 g/mol. The number of pyridine rings is 1. The molecule has 1 aliphatic heterocycles. The second-order valence-electron chi connectivity index (χ2n) is 8.72. The highest BCUT2D eigenvalue weighted by atomic mass is 15.3. The van der Waals surface area contributed by atoms with Crippen molar-refractivity contribution in [1.82, 2.24) is 24.4 Å². The van der Waals surface area contributed by atoms with Crippen molar-refractivity contribution in [3.05, 3.63) is 48.4 Å². The average Bonchev–Trinajstić information content (AvgIpc) is 3.20. The van der Waals surface area contributed by atoms with Crippen molar-refractivity contribution in [1.29, 1.82) is 0 Å². The van der Waals surface area contributed by atoms with Crippen LogP contribution in [0.25, 0.3) is 21.8 Å². The summed E-state index contributed by atoms with van der Waals surface area (Å²) in [5.74, 6) is 1.33. The maximum atomic E-state index is 4.87. The second-order valence-corrected chi connectivity index (χ2v) is 8.72. The van der Waals surface area contributed by atoms with Gasteiger partial charge in [-0.05, 0) is 45.5 Å². The standard InChI is InChI=1S/C24H29N7/c1-16(2)31-8-7-18-5-6-19-14-26-24(28-22(19)23(18)31)27-21-13-17(3)20(15-25-21)30-11-9-29(4)10-12-30/h5-8,13-16H,9-12H2,1-4H3,(H,25,26,27,28). The number of aromatic nitrogens is 4. The van der Waals surface area contributed by atoms with Crippen LogP contribution >= 0.6 is 0 Å². The van der Waals surface area contributed by atoms with Gasteiger partial charge in [-0.25, -0.2) is 15.0 Å². The Bertz CT molecular complexity index is 1240. The highest BCUT2D eigenvalue weighted by molar-refractivity contribution is 6.03. The Morgan fingerprint density at radius 3 is 2.48 bits per heavy atom. The van der Waals surface area contributed by atoms with Crippen LogP contribution in [-0.2, 0) is 0 Å². The summed E-state index contributed by atoms with van der Waals surface area (Å²) in [6, 6.07) is 8.81. The third kappa shape index (κ3) is 3.70. The fourth-order valence-electron chi connectivity index (χ4n) is 4.34. The number of fused-ring (bicyclic) bond motifs is 3. The molecule has 0 spiro atoms. The van der Waals surface area contributed by atoms with E-state index in [1.807, 2.05) is 12.4 Å². The number of hydrogen-bond donors (Lipinski definition) is 1. The van der Waals surface area contributed by atoms with E-state index in [9.17, 15) is 0 Å². The summed E-state index contributed by atoms with van der Waals surface area (Å²) in [6.45, 7) is 10.7. The number of benzene rings is 1. The van der Waals surface area contributed by atoms with Gasteiger partial charge in [-0.1, -0.05) is 12.1 Å². The summed E-state index contributed by atoms with van der Waals surface area (Å²) in [4.78, 5) is 18.8. The monoisotopic (exact) mass is 415 g/mol. The molecule has 0 unspecified atom stereocenters. The molecule has 160 valence electrons. The van der Waals surface area contributed by atoms with E-state index in [0.717, 1.165) is 48.4 Å². The second kappa shape index (κ2) is 7.81. The first-order valence-electron chi connectivity index (χ1n) is 10.9. The Kier molecular flexibility index (Phi) is 4.98. The van der Waals surface area contributed by atoms with Gasteiger partial charge in [-0.3, -0.25) is 0 Å². The summed E-state index contributed by atoms with van der Waals surface area (Å²) >= 11 is 0. The van der Waals surface area contributed by atoms with E-state index in [2.05, 4.69) is 87.9 Å². The fourth-order valence-corrected chi connectivity index (χ4v) is 4.34. The molecule has 1 N–H and O–H groups in total. The number of nitrogens with one attached hydrogen (secondary N) is 1. The van der Waals surface area contributed by atoms with Gasteiger partial charge in [-0.15, -0.1) is 0 Å². The van der Waals surface area contributed by atoms with Gasteiger partial charge in [0.2, 0.25) is 5.95 Å². The Hall–Kier alpha value is -3.19. The van der Waals surface area contributed by atoms with Crippen molar-refractivity contribution in [2.24, 2.45) is 0 Å². The van der Waals surface area contributed by atoms with Gasteiger partial charge in [0, 0.05) is 55.4 Å². The zero-order valence-corrected chi connectivity index (χ0v) is 18.6. The first-order valence-corrected chi connectivity index (χ1v) is 10.9. The van der Waals surface area contributed by atoms with Crippen molar-refractivity contribution in [3.8, 4) is 0 Å². The van der Waals surface area contributed by atoms with Crippen molar-refractivity contribution >= 4 is 39.3 Å². The number of hydrogen-bond acceptors (Lipinski definition) is 6. The molecule has 1 fully saturated rings. The lowest BCUT2D eigenvalue weighted by Gasteiger charge is -2.34. The van der Waals surface area contributed by atoms with Gasteiger partial charge in [0.15, 0.2) is 0 Å². The van der Waals surface area contributed by atoms with Crippen molar-refractivity contribution < 1.29 is 0 Å². The zero-order valence-electron chi connectivity index (χ0n) is 18.6. The number of piperazine rings is 1. The molecule has 31 heavy (non-hydrogen) atoms. The predicted molar refractivity (Wildman–Crippen MR) is 127 cm³/mol. The Labute approximate surface area is 182 Å². The molecular weight excluding hydrogens is 386 g/mol. The minimum absolute atomic E-state index is 0.362. The molecule has 4 heterocycles. The molecule has 0 radical (unpaired) electrons. The minimum atomic E-state index is 0.362. The minimum Gasteiger partial charge on any atom is -0.368 e. The summed E-state index contributed by atoms with van der Waals surface area (Å²) in [5.41, 5.74) is 4.51. The quantitative estimate of drug-likeness (QED) is 0.534. The van der Waals surface area contributed by atoms with E-state index in [1.165, 1.54) is 16.6 Å². The summed E-state index contributed by atoms with van der Waals surface area (Å²) in [5, 5.41) is 5.54. The van der Waals surface area contributed by atoms with Crippen molar-refractivity contribution in [3.63, 3.8) is 0 Å². The molecule has 3 aromatic heterocycles. The molecule has 4 aromatic rings. The summed E-state index contributed by atoms with van der Waals surface area (Å²) < 4.78 is 2.27. The number of anilines is 3. The maximum Gasteiger partial charge on any atom is 0.228 e.